The molecule has 0 spiro atoms. The summed E-state index contributed by atoms with van der Waals surface area (Å²) >= 11 is 0. The van der Waals surface area contributed by atoms with Gasteiger partial charge >= 0.3 is 0 Å². The van der Waals surface area contributed by atoms with Crippen LogP contribution in [0.25, 0.3) is 0 Å². The van der Waals surface area contributed by atoms with Gasteiger partial charge in [-0.3, -0.25) is 9.59 Å². The summed E-state index contributed by atoms with van der Waals surface area (Å²) in [6, 6.07) is 21.7. The number of nitriles is 1. The molecule has 0 bridgehead atoms. The Labute approximate surface area is 195 Å². The van der Waals surface area contributed by atoms with Crippen LogP contribution in [0.5, 0.6) is 0 Å². The fraction of sp³-hybridized carbons (Fsp3) is 0.0833. The number of para-hydroxylation sites is 2. The molecule has 0 saturated heterocycles. The summed E-state index contributed by atoms with van der Waals surface area (Å²) in [5, 5.41) is 13.2. The fourth-order valence-electron chi connectivity index (χ4n) is 3.98. The molecule has 0 fully saturated rings. The van der Waals surface area contributed by atoms with Crippen molar-refractivity contribution >= 4 is 38.9 Å². The number of Topliss-reactive ketones (excluding diaryl/α,β-unsaturated/α-hetero) is 1. The van der Waals surface area contributed by atoms with Crippen LogP contribution >= 0.6 is 0 Å². The quantitative estimate of drug-likeness (QED) is 0.559. The Bertz CT molecular complexity index is 1520. The van der Waals surface area contributed by atoms with Crippen LogP contribution in [0.3, 0.4) is 0 Å². The van der Waals surface area contributed by atoms with Gasteiger partial charge in [0.05, 0.1) is 23.0 Å². The molecule has 3 aromatic rings. The summed E-state index contributed by atoms with van der Waals surface area (Å²) in [6.45, 7) is 0.192. The number of carbonyl (C=O) groups is 2. The number of benzene rings is 3. The highest BCUT2D eigenvalue weighted by atomic mass is 32.2. The van der Waals surface area contributed by atoms with E-state index >= 15 is 0 Å². The molecule has 3 aromatic carbocycles. The third kappa shape index (κ3) is 3.63. The number of sulfonamides is 1. The second-order valence-corrected chi connectivity index (χ2v) is 9.28. The van der Waals surface area contributed by atoms with Crippen LogP contribution in [0, 0.1) is 17.2 Å². The Kier molecular flexibility index (Phi) is 5.20. The van der Waals surface area contributed by atoms with E-state index < -0.39 is 27.6 Å². The predicted molar refractivity (Wildman–Crippen MR) is 124 cm³/mol. The lowest BCUT2D eigenvalue weighted by Crippen LogP contribution is -2.55. The molecule has 2 heterocycles. The number of anilines is 2. The Morgan fingerprint density at radius 1 is 1.03 bits per heavy atom. The zero-order chi connectivity index (χ0) is 23.9. The topological polar surface area (TPSA) is 132 Å². The van der Waals surface area contributed by atoms with Crippen molar-refractivity contribution in [2.24, 2.45) is 10.3 Å². The lowest BCUT2D eigenvalue weighted by molar-refractivity contribution is -0.120. The first-order valence-corrected chi connectivity index (χ1v) is 11.7. The van der Waals surface area contributed by atoms with Gasteiger partial charge in [0.2, 0.25) is 0 Å². The van der Waals surface area contributed by atoms with Gasteiger partial charge in [-0.1, -0.05) is 36.4 Å². The van der Waals surface area contributed by atoms with E-state index in [1.807, 2.05) is 0 Å². The van der Waals surface area contributed by atoms with Crippen molar-refractivity contribution in [3.8, 4) is 6.07 Å². The molecule has 0 aliphatic carbocycles. The summed E-state index contributed by atoms with van der Waals surface area (Å²) in [4.78, 5) is 26.8. The molecule has 2 aliphatic rings. The van der Waals surface area contributed by atoms with Crippen molar-refractivity contribution in [2.45, 2.75) is 11.4 Å². The first-order valence-electron chi connectivity index (χ1n) is 10.3. The van der Waals surface area contributed by atoms with E-state index in [4.69, 9.17) is 5.26 Å². The molecule has 1 amide bonds. The molecule has 0 aromatic heterocycles. The van der Waals surface area contributed by atoms with Crippen molar-refractivity contribution in [1.29, 1.82) is 5.26 Å². The second-order valence-electron chi connectivity index (χ2n) is 7.71. The highest BCUT2D eigenvalue weighted by Gasteiger charge is 2.45. The second kappa shape index (κ2) is 8.22. The van der Waals surface area contributed by atoms with Gasteiger partial charge in [0, 0.05) is 12.1 Å². The summed E-state index contributed by atoms with van der Waals surface area (Å²) in [7, 11) is -4.09. The van der Waals surface area contributed by atoms with Gasteiger partial charge in [0.25, 0.3) is 15.9 Å². The molecule has 0 saturated carbocycles. The Morgan fingerprint density at radius 2 is 1.79 bits per heavy atom. The molecule has 1 atom stereocenters. The lowest BCUT2D eigenvalue weighted by atomic mass is 9.90. The largest absolute Gasteiger partial charge is 0.341 e. The third-order valence-corrected chi connectivity index (χ3v) is 6.91. The third-order valence-electron chi connectivity index (χ3n) is 5.56. The first-order chi connectivity index (χ1) is 16.4. The smallest absolute Gasteiger partial charge is 0.286 e. The van der Waals surface area contributed by atoms with Crippen LogP contribution in [0.4, 0.5) is 11.4 Å². The summed E-state index contributed by atoms with van der Waals surface area (Å²) in [6.07, 6.45) is 0. The van der Waals surface area contributed by atoms with Crippen molar-refractivity contribution in [1.82, 2.24) is 5.43 Å². The number of hydrogen-bond donors (Lipinski definition) is 2. The maximum absolute atomic E-state index is 13.5. The van der Waals surface area contributed by atoms with E-state index in [9.17, 15) is 18.0 Å². The summed E-state index contributed by atoms with van der Waals surface area (Å²) < 4.78 is 29.2. The van der Waals surface area contributed by atoms with Crippen LogP contribution in [-0.2, 0) is 21.4 Å². The van der Waals surface area contributed by atoms with Gasteiger partial charge in [-0.25, -0.2) is 10.4 Å². The van der Waals surface area contributed by atoms with E-state index in [1.54, 1.807) is 66.7 Å². The first kappa shape index (κ1) is 21.5. The minimum absolute atomic E-state index is 0.0257. The highest BCUT2D eigenvalue weighted by Crippen LogP contribution is 2.34. The molecular weight excluding hydrogens is 454 g/mol. The van der Waals surface area contributed by atoms with Crippen LogP contribution in [0.1, 0.15) is 21.5 Å². The van der Waals surface area contributed by atoms with Crippen molar-refractivity contribution < 1.29 is 18.0 Å². The Morgan fingerprint density at radius 3 is 2.62 bits per heavy atom. The molecule has 1 unspecified atom stereocenters. The van der Waals surface area contributed by atoms with E-state index in [2.05, 4.69) is 21.2 Å². The van der Waals surface area contributed by atoms with Crippen molar-refractivity contribution in [3.63, 3.8) is 0 Å². The van der Waals surface area contributed by atoms with Crippen LogP contribution in [0.2, 0.25) is 0 Å². The van der Waals surface area contributed by atoms with Gasteiger partial charge in [-0.15, -0.1) is 4.40 Å². The molecule has 9 nitrogen and oxygen atoms in total. The molecule has 0 radical (unpaired) electrons. The van der Waals surface area contributed by atoms with E-state index in [0.717, 1.165) is 5.56 Å². The highest BCUT2D eigenvalue weighted by molar-refractivity contribution is 7.90. The molecule has 10 heteroatoms. The number of ketones is 1. The monoisotopic (exact) mass is 471 g/mol. The van der Waals surface area contributed by atoms with Gasteiger partial charge in [0.15, 0.2) is 11.7 Å². The Balaban J connectivity index is 1.53. The maximum Gasteiger partial charge on any atom is 0.286 e. The van der Waals surface area contributed by atoms with E-state index in [0.29, 0.717) is 11.3 Å². The van der Waals surface area contributed by atoms with E-state index in [-0.39, 0.29) is 28.5 Å². The van der Waals surface area contributed by atoms with Crippen LogP contribution in [0.15, 0.2) is 82.1 Å². The lowest BCUT2D eigenvalue weighted by Gasteiger charge is -2.34. The Hall–Kier alpha value is -4.33. The van der Waals surface area contributed by atoms with Crippen molar-refractivity contribution in [2.75, 3.05) is 10.3 Å². The number of fused-ring (bicyclic) bond motifs is 2. The average molecular weight is 471 g/mol. The zero-order valence-corrected chi connectivity index (χ0v) is 18.4. The maximum atomic E-state index is 13.5. The number of rotatable bonds is 4. The molecule has 34 heavy (non-hydrogen) atoms. The number of hydrogen-bond acceptors (Lipinski definition) is 7. The van der Waals surface area contributed by atoms with E-state index in [1.165, 1.54) is 11.1 Å². The summed E-state index contributed by atoms with van der Waals surface area (Å²) in [5.41, 5.74) is 5.10. The summed E-state index contributed by atoms with van der Waals surface area (Å²) in [5.74, 6) is -2.94. The molecule has 2 aliphatic heterocycles. The number of carbonyl (C=O) groups excluding carboxylic acids is 2. The molecule has 2 N–H and O–H groups in total. The number of amides is 1. The van der Waals surface area contributed by atoms with Gasteiger partial charge in [-0.05, 0) is 42.0 Å². The minimum atomic E-state index is -4.09. The van der Waals surface area contributed by atoms with Gasteiger partial charge in [0.1, 0.15) is 10.7 Å². The number of nitrogens with one attached hydrogen (secondary N) is 2. The van der Waals surface area contributed by atoms with Crippen molar-refractivity contribution in [3.05, 3.63) is 89.5 Å². The fourth-order valence-corrected chi connectivity index (χ4v) is 5.13. The SMILES string of the molecule is N#Cc1cccc(CNN2C(=O)C(C3=NS(=O)(=O)c4ccccc4N3)C(=O)c3ccccc32)c1. The molecule has 5 rings (SSSR count). The molecule has 168 valence electrons. The standard InChI is InChI=1S/C24H17N5O4S/c25-13-15-6-5-7-16(12-15)14-26-29-19-10-3-1-8-17(19)22(30)21(24(29)31)23-27-18-9-2-4-11-20(18)34(32,33)28-23/h1-12,21,26H,14H2,(H,27,28). The number of hydrazine groups is 1. The van der Waals surface area contributed by atoms with Gasteiger partial charge < -0.3 is 5.32 Å². The van der Waals surface area contributed by atoms with Crippen LogP contribution in [-0.4, -0.2) is 25.9 Å². The average Bonchev–Trinajstić information content (AvgIpc) is 2.84. The predicted octanol–water partition coefficient (Wildman–Crippen LogP) is 2.62. The molecular formula is C24H17N5O4S. The number of amidine groups is 1. The normalized spacial score (nSPS) is 18.3. The van der Waals surface area contributed by atoms with Gasteiger partial charge in [-0.2, -0.15) is 13.7 Å². The van der Waals surface area contributed by atoms with Crippen LogP contribution < -0.4 is 15.8 Å². The number of nitrogens with zero attached hydrogens (tertiary/aromatic N) is 3. The minimum Gasteiger partial charge on any atom is -0.341 e. The zero-order valence-electron chi connectivity index (χ0n) is 17.6.